The first-order chi connectivity index (χ1) is 13.0. The van der Waals surface area contributed by atoms with Crippen molar-refractivity contribution in [3.8, 4) is 0 Å². The van der Waals surface area contributed by atoms with Crippen molar-refractivity contribution in [2.45, 2.75) is 52.6 Å². The molecule has 3 rings (SSSR count). The molecule has 2 heterocycles. The number of nitrogens with one attached hydrogen (secondary N) is 1. The van der Waals surface area contributed by atoms with Gasteiger partial charge in [0.1, 0.15) is 0 Å². The van der Waals surface area contributed by atoms with Gasteiger partial charge in [-0.05, 0) is 61.4 Å². The predicted octanol–water partition coefficient (Wildman–Crippen LogP) is 4.12. The molecule has 6 heteroatoms. The van der Waals surface area contributed by atoms with E-state index in [2.05, 4.69) is 40.5 Å². The Morgan fingerprint density at radius 1 is 1.37 bits per heavy atom. The summed E-state index contributed by atoms with van der Waals surface area (Å²) >= 11 is 5.96. The number of halogens is 1. The third-order valence-corrected chi connectivity index (χ3v) is 5.57. The largest absolute Gasteiger partial charge is 0.352 e. The standard InChI is InChI=1S/C21H28ClN3O2/c1-15-6-5-11-25(13-15)14-18-8-4-3-7-17(18)12-23-20(26)10-9-19-16(2)24-27-21(19)22/h3-4,7-8,15H,5-6,9-14H2,1-2H3,(H,23,26). The summed E-state index contributed by atoms with van der Waals surface area (Å²) in [5.41, 5.74) is 4.04. The van der Waals surface area contributed by atoms with Crippen LogP contribution in [0.1, 0.15) is 48.6 Å². The second-order valence-electron chi connectivity index (χ2n) is 7.55. The van der Waals surface area contributed by atoms with Gasteiger partial charge in [-0.1, -0.05) is 36.3 Å². The molecule has 5 nitrogen and oxygen atoms in total. The Labute approximate surface area is 166 Å². The van der Waals surface area contributed by atoms with Crippen LogP contribution in [-0.2, 0) is 24.3 Å². The molecule has 1 aliphatic rings. The van der Waals surface area contributed by atoms with Gasteiger partial charge in [-0.15, -0.1) is 0 Å². The zero-order chi connectivity index (χ0) is 19.2. The first-order valence-electron chi connectivity index (χ1n) is 9.69. The quantitative estimate of drug-likeness (QED) is 0.773. The van der Waals surface area contributed by atoms with Crippen LogP contribution >= 0.6 is 11.6 Å². The zero-order valence-electron chi connectivity index (χ0n) is 16.1. The van der Waals surface area contributed by atoms with Crippen molar-refractivity contribution < 1.29 is 9.32 Å². The summed E-state index contributed by atoms with van der Waals surface area (Å²) in [6.45, 7) is 7.96. The maximum atomic E-state index is 12.3. The molecule has 1 aromatic carbocycles. The van der Waals surface area contributed by atoms with Gasteiger partial charge in [0, 0.05) is 31.6 Å². The minimum absolute atomic E-state index is 0.00747. The number of piperidine rings is 1. The van der Waals surface area contributed by atoms with E-state index in [1.807, 2.05) is 13.0 Å². The second-order valence-corrected chi connectivity index (χ2v) is 7.89. The molecule has 0 aliphatic carbocycles. The first kappa shape index (κ1) is 19.9. The van der Waals surface area contributed by atoms with Crippen LogP contribution in [0.5, 0.6) is 0 Å². The average molecular weight is 390 g/mol. The summed E-state index contributed by atoms with van der Waals surface area (Å²) in [5, 5.41) is 7.13. The smallest absolute Gasteiger partial charge is 0.229 e. The lowest BCUT2D eigenvalue weighted by molar-refractivity contribution is -0.121. The van der Waals surface area contributed by atoms with Crippen molar-refractivity contribution in [2.75, 3.05) is 13.1 Å². The molecule has 2 aromatic rings. The molecule has 1 aromatic heterocycles. The number of aryl methyl sites for hydroxylation is 1. The van der Waals surface area contributed by atoms with Crippen molar-refractivity contribution in [3.63, 3.8) is 0 Å². The normalized spacial score (nSPS) is 17.8. The molecule has 1 fully saturated rings. The van der Waals surface area contributed by atoms with E-state index in [1.54, 1.807) is 0 Å². The molecule has 0 spiro atoms. The molecule has 1 amide bonds. The molecular formula is C21H28ClN3O2. The number of carbonyl (C=O) groups is 1. The van der Waals surface area contributed by atoms with Crippen LogP contribution in [0.25, 0.3) is 0 Å². The number of benzene rings is 1. The van der Waals surface area contributed by atoms with Crippen LogP contribution in [0, 0.1) is 12.8 Å². The molecule has 27 heavy (non-hydrogen) atoms. The van der Waals surface area contributed by atoms with E-state index in [0.717, 1.165) is 36.8 Å². The predicted molar refractivity (Wildman–Crippen MR) is 107 cm³/mol. The minimum atomic E-state index is 0.00747. The molecule has 1 atom stereocenters. The van der Waals surface area contributed by atoms with Gasteiger partial charge in [-0.3, -0.25) is 9.69 Å². The Kier molecular flexibility index (Phi) is 6.91. The third kappa shape index (κ3) is 5.56. The molecule has 0 saturated carbocycles. The average Bonchev–Trinajstić information content (AvgIpc) is 2.97. The molecule has 0 radical (unpaired) electrons. The first-order valence-corrected chi connectivity index (χ1v) is 10.1. The van der Waals surface area contributed by atoms with Crippen LogP contribution < -0.4 is 5.32 Å². The fourth-order valence-electron chi connectivity index (χ4n) is 3.72. The van der Waals surface area contributed by atoms with Crippen LogP contribution in [0.4, 0.5) is 0 Å². The Morgan fingerprint density at radius 3 is 2.85 bits per heavy atom. The molecule has 1 unspecified atom stereocenters. The van der Waals surface area contributed by atoms with Crippen molar-refractivity contribution >= 4 is 17.5 Å². The van der Waals surface area contributed by atoms with Gasteiger partial charge in [-0.2, -0.15) is 0 Å². The maximum Gasteiger partial charge on any atom is 0.229 e. The highest BCUT2D eigenvalue weighted by atomic mass is 35.5. The van der Waals surface area contributed by atoms with Gasteiger partial charge >= 0.3 is 0 Å². The van der Waals surface area contributed by atoms with E-state index in [9.17, 15) is 4.79 Å². The van der Waals surface area contributed by atoms with Crippen LogP contribution in [0.15, 0.2) is 28.8 Å². The van der Waals surface area contributed by atoms with Gasteiger partial charge < -0.3 is 9.84 Å². The van der Waals surface area contributed by atoms with E-state index in [-0.39, 0.29) is 11.1 Å². The Bertz CT molecular complexity index is 755. The van der Waals surface area contributed by atoms with Crippen LogP contribution in [-0.4, -0.2) is 29.1 Å². The van der Waals surface area contributed by atoms with Gasteiger partial charge in [0.2, 0.25) is 11.1 Å². The molecule has 1 aliphatic heterocycles. The SMILES string of the molecule is Cc1noc(Cl)c1CCC(=O)NCc1ccccc1CN1CCCC(C)C1. The van der Waals surface area contributed by atoms with Crippen LogP contribution in [0.2, 0.25) is 5.22 Å². The molecule has 0 bridgehead atoms. The van der Waals surface area contributed by atoms with Gasteiger partial charge in [0.05, 0.1) is 5.69 Å². The fourth-order valence-corrected chi connectivity index (χ4v) is 3.98. The topological polar surface area (TPSA) is 58.4 Å². The number of amides is 1. The summed E-state index contributed by atoms with van der Waals surface area (Å²) in [6, 6.07) is 8.37. The van der Waals surface area contributed by atoms with E-state index in [4.69, 9.17) is 16.1 Å². The molecule has 146 valence electrons. The number of hydrogen-bond acceptors (Lipinski definition) is 4. The zero-order valence-corrected chi connectivity index (χ0v) is 16.9. The number of nitrogens with zero attached hydrogens (tertiary/aromatic N) is 2. The monoisotopic (exact) mass is 389 g/mol. The highest BCUT2D eigenvalue weighted by molar-refractivity contribution is 6.29. The van der Waals surface area contributed by atoms with Crippen molar-refractivity contribution in [3.05, 3.63) is 51.9 Å². The van der Waals surface area contributed by atoms with Crippen molar-refractivity contribution in [1.82, 2.24) is 15.4 Å². The molecule has 1 N–H and O–H groups in total. The lowest BCUT2D eigenvalue weighted by atomic mass is 9.99. The summed E-state index contributed by atoms with van der Waals surface area (Å²) in [6.07, 6.45) is 3.50. The summed E-state index contributed by atoms with van der Waals surface area (Å²) in [5.74, 6) is 0.770. The van der Waals surface area contributed by atoms with Crippen LogP contribution in [0.3, 0.4) is 0 Å². The molecular weight excluding hydrogens is 362 g/mol. The highest BCUT2D eigenvalue weighted by Gasteiger charge is 2.17. The molecule has 1 saturated heterocycles. The van der Waals surface area contributed by atoms with Crippen molar-refractivity contribution in [1.29, 1.82) is 0 Å². The Hall–Kier alpha value is -1.85. The number of hydrogen-bond donors (Lipinski definition) is 1. The van der Waals surface area contributed by atoms with Gasteiger partial charge in [0.25, 0.3) is 0 Å². The maximum absolute atomic E-state index is 12.3. The fraction of sp³-hybridized carbons (Fsp3) is 0.524. The third-order valence-electron chi connectivity index (χ3n) is 5.27. The minimum Gasteiger partial charge on any atom is -0.352 e. The summed E-state index contributed by atoms with van der Waals surface area (Å²) in [7, 11) is 0. The number of carbonyl (C=O) groups excluding carboxylic acids is 1. The van der Waals surface area contributed by atoms with E-state index >= 15 is 0 Å². The van der Waals surface area contributed by atoms with E-state index in [1.165, 1.54) is 24.0 Å². The van der Waals surface area contributed by atoms with Crippen molar-refractivity contribution in [2.24, 2.45) is 5.92 Å². The number of aromatic nitrogens is 1. The van der Waals surface area contributed by atoms with Gasteiger partial charge in [-0.25, -0.2) is 0 Å². The Balaban J connectivity index is 1.52. The summed E-state index contributed by atoms with van der Waals surface area (Å²) in [4.78, 5) is 14.8. The summed E-state index contributed by atoms with van der Waals surface area (Å²) < 4.78 is 4.93. The highest BCUT2D eigenvalue weighted by Crippen LogP contribution is 2.21. The van der Waals surface area contributed by atoms with Gasteiger partial charge in [0.15, 0.2) is 0 Å². The number of rotatable bonds is 7. The lowest BCUT2D eigenvalue weighted by Gasteiger charge is -2.31. The Morgan fingerprint density at radius 2 is 2.15 bits per heavy atom. The second kappa shape index (κ2) is 9.38. The van der Waals surface area contributed by atoms with E-state index < -0.39 is 0 Å². The number of likely N-dealkylation sites (tertiary alicyclic amines) is 1. The lowest BCUT2D eigenvalue weighted by Crippen LogP contribution is -2.34. The van der Waals surface area contributed by atoms with E-state index in [0.29, 0.717) is 19.4 Å².